The summed E-state index contributed by atoms with van der Waals surface area (Å²) in [5.74, 6) is -2.62. The number of quaternary nitrogens is 1. The second kappa shape index (κ2) is 7.28. The first kappa shape index (κ1) is 15.3. The Labute approximate surface area is 83.0 Å². The van der Waals surface area contributed by atoms with Gasteiger partial charge in [0.05, 0.1) is 27.7 Å². The quantitative estimate of drug-likeness (QED) is 0.416. The molecule has 0 aromatic rings. The highest BCUT2D eigenvalue weighted by Gasteiger charge is 2.02. The maximum atomic E-state index is 9.43. The van der Waals surface area contributed by atoms with Gasteiger partial charge < -0.3 is 19.8 Å². The lowest BCUT2D eigenvalue weighted by molar-refractivity contribution is -0.870. The Morgan fingerprint density at radius 1 is 1.07 bits per heavy atom. The fourth-order valence-corrected chi connectivity index (χ4v) is 0.429. The minimum Gasteiger partial charge on any atom is -0.481 e. The number of nitrogens with zero attached hydrogens (tertiary/aromatic N) is 1. The third-order valence-corrected chi connectivity index (χ3v) is 1.07. The summed E-state index contributed by atoms with van der Waals surface area (Å²) >= 11 is 0. The fourth-order valence-electron chi connectivity index (χ4n) is 0.429. The molecule has 0 fully saturated rings. The molecule has 0 saturated heterocycles. The van der Waals surface area contributed by atoms with Gasteiger partial charge in [0.2, 0.25) is 0 Å². The van der Waals surface area contributed by atoms with Gasteiger partial charge in [-0.15, -0.1) is 0 Å². The Morgan fingerprint density at radius 3 is 1.43 bits per heavy atom. The molecule has 0 unspecified atom stereocenters. The smallest absolute Gasteiger partial charge is 0.314 e. The molecule has 0 atom stereocenters. The van der Waals surface area contributed by atoms with Gasteiger partial charge in [0.15, 0.2) is 0 Å². The third kappa shape index (κ3) is 22.4. The van der Waals surface area contributed by atoms with E-state index in [0.717, 1.165) is 11.0 Å². The number of carboxylic acid groups (broad SMARTS) is 2. The monoisotopic (exact) mass is 208 g/mol. The topological polar surface area (TPSA) is 94.8 Å². The standard InChI is InChI=1S/C5H14NO.C3H4O4/c1-6(2,3)4-5-7;4-2(5)1-3(6)7/h7H,4-5H2,1-3H3;1H2,(H,4,5)(H,6,7)/q+1;. The van der Waals surface area contributed by atoms with Crippen LogP contribution in [0.15, 0.2) is 0 Å². The van der Waals surface area contributed by atoms with Crippen LogP contribution in [-0.4, -0.2) is 66.0 Å². The van der Waals surface area contributed by atoms with E-state index >= 15 is 0 Å². The number of rotatable bonds is 4. The minimum atomic E-state index is -1.31. The van der Waals surface area contributed by atoms with Crippen LogP contribution in [0.3, 0.4) is 0 Å². The van der Waals surface area contributed by atoms with Gasteiger partial charge in [-0.05, 0) is 0 Å². The molecule has 6 heteroatoms. The maximum absolute atomic E-state index is 9.43. The predicted molar refractivity (Wildman–Crippen MR) is 49.9 cm³/mol. The molecule has 0 amide bonds. The van der Waals surface area contributed by atoms with Crippen molar-refractivity contribution in [3.05, 3.63) is 0 Å². The molecule has 0 saturated carbocycles. The van der Waals surface area contributed by atoms with E-state index in [9.17, 15) is 9.59 Å². The van der Waals surface area contributed by atoms with Crippen molar-refractivity contribution in [2.45, 2.75) is 6.42 Å². The predicted octanol–water partition coefficient (Wildman–Crippen LogP) is -0.769. The molecule has 0 aromatic heterocycles. The molecule has 0 bridgehead atoms. The molecule has 6 nitrogen and oxygen atoms in total. The molecule has 0 aliphatic carbocycles. The summed E-state index contributed by atoms with van der Waals surface area (Å²) in [5, 5.41) is 23.8. The molecule has 0 aliphatic heterocycles. The first-order valence-electron chi connectivity index (χ1n) is 4.04. The molecular formula is C8H18NO5+. The lowest BCUT2D eigenvalue weighted by Crippen LogP contribution is -2.36. The molecule has 0 rings (SSSR count). The number of carboxylic acids is 2. The van der Waals surface area contributed by atoms with Crippen LogP contribution < -0.4 is 0 Å². The van der Waals surface area contributed by atoms with Crippen LogP contribution >= 0.6 is 0 Å². The SMILES string of the molecule is C[N+](C)(C)CCO.O=C(O)CC(=O)O. The van der Waals surface area contributed by atoms with Gasteiger partial charge in [-0.1, -0.05) is 0 Å². The first-order valence-corrected chi connectivity index (χ1v) is 4.04. The van der Waals surface area contributed by atoms with Gasteiger partial charge in [0, 0.05) is 0 Å². The zero-order valence-electron chi connectivity index (χ0n) is 8.73. The number of likely N-dealkylation sites (N-methyl/N-ethyl adjacent to an activating group) is 1. The lowest BCUT2D eigenvalue weighted by Gasteiger charge is -2.21. The number of aliphatic hydroxyl groups is 1. The molecule has 14 heavy (non-hydrogen) atoms. The normalized spacial score (nSPS) is 10.0. The zero-order valence-corrected chi connectivity index (χ0v) is 8.73. The highest BCUT2D eigenvalue weighted by Crippen LogP contribution is 1.84. The number of hydrogen-bond donors (Lipinski definition) is 3. The van der Waals surface area contributed by atoms with Gasteiger partial charge in [-0.2, -0.15) is 0 Å². The number of hydrogen-bond acceptors (Lipinski definition) is 3. The maximum Gasteiger partial charge on any atom is 0.314 e. The summed E-state index contributed by atoms with van der Waals surface area (Å²) in [5.41, 5.74) is 0. The fraction of sp³-hybridized carbons (Fsp3) is 0.750. The summed E-state index contributed by atoms with van der Waals surface area (Å²) < 4.78 is 0.844. The van der Waals surface area contributed by atoms with Crippen molar-refractivity contribution in [2.24, 2.45) is 0 Å². The van der Waals surface area contributed by atoms with Crippen LogP contribution in [0.2, 0.25) is 0 Å². The van der Waals surface area contributed by atoms with Crippen molar-refractivity contribution in [2.75, 3.05) is 34.3 Å². The number of carbonyl (C=O) groups is 2. The molecule has 0 heterocycles. The van der Waals surface area contributed by atoms with Crippen molar-refractivity contribution < 1.29 is 29.4 Å². The van der Waals surface area contributed by atoms with Crippen molar-refractivity contribution in [3.8, 4) is 0 Å². The molecule has 0 radical (unpaired) electrons. The van der Waals surface area contributed by atoms with E-state index in [1.165, 1.54) is 0 Å². The molecule has 0 aromatic carbocycles. The zero-order chi connectivity index (χ0) is 11.8. The van der Waals surface area contributed by atoms with Crippen molar-refractivity contribution in [1.82, 2.24) is 0 Å². The summed E-state index contributed by atoms with van der Waals surface area (Å²) in [6.07, 6.45) is -0.806. The largest absolute Gasteiger partial charge is 0.481 e. The van der Waals surface area contributed by atoms with E-state index in [1.54, 1.807) is 0 Å². The molecule has 0 aliphatic rings. The van der Waals surface area contributed by atoms with Crippen molar-refractivity contribution >= 4 is 11.9 Å². The molecule has 84 valence electrons. The summed E-state index contributed by atoms with van der Waals surface area (Å²) in [4.78, 5) is 18.9. The highest BCUT2D eigenvalue weighted by atomic mass is 16.4. The second-order valence-electron chi connectivity index (χ2n) is 3.70. The summed E-state index contributed by atoms with van der Waals surface area (Å²) in [6.45, 7) is 1.11. The highest BCUT2D eigenvalue weighted by molar-refractivity contribution is 5.88. The lowest BCUT2D eigenvalue weighted by atomic mass is 10.5. The van der Waals surface area contributed by atoms with Gasteiger partial charge >= 0.3 is 11.9 Å². The summed E-state index contributed by atoms with van der Waals surface area (Å²) in [7, 11) is 6.16. The van der Waals surface area contributed by atoms with E-state index in [0.29, 0.717) is 0 Å². The average Bonchev–Trinajstić information content (AvgIpc) is 1.80. The Bertz CT molecular complexity index is 173. The third-order valence-electron chi connectivity index (χ3n) is 1.07. The van der Waals surface area contributed by atoms with Crippen LogP contribution in [0.4, 0.5) is 0 Å². The Kier molecular flexibility index (Phi) is 7.98. The van der Waals surface area contributed by atoms with Gasteiger partial charge in [-0.3, -0.25) is 9.59 Å². The van der Waals surface area contributed by atoms with Crippen LogP contribution in [0.5, 0.6) is 0 Å². The van der Waals surface area contributed by atoms with Crippen molar-refractivity contribution in [3.63, 3.8) is 0 Å². The van der Waals surface area contributed by atoms with Crippen LogP contribution in [-0.2, 0) is 9.59 Å². The number of aliphatic carboxylic acids is 2. The second-order valence-corrected chi connectivity index (χ2v) is 3.70. The first-order chi connectivity index (χ1) is 6.19. The Hall–Kier alpha value is -1.14. The Morgan fingerprint density at radius 2 is 1.43 bits per heavy atom. The van der Waals surface area contributed by atoms with E-state index in [4.69, 9.17) is 15.3 Å². The van der Waals surface area contributed by atoms with E-state index in [2.05, 4.69) is 21.1 Å². The van der Waals surface area contributed by atoms with E-state index in [-0.39, 0.29) is 6.61 Å². The average molecular weight is 208 g/mol. The minimum absolute atomic E-state index is 0.281. The van der Waals surface area contributed by atoms with Crippen molar-refractivity contribution in [1.29, 1.82) is 0 Å². The van der Waals surface area contributed by atoms with Gasteiger partial charge in [0.1, 0.15) is 13.0 Å². The Balaban J connectivity index is 0. The summed E-state index contributed by atoms with van der Waals surface area (Å²) in [6, 6.07) is 0. The van der Waals surface area contributed by atoms with Crippen LogP contribution in [0.25, 0.3) is 0 Å². The molecular weight excluding hydrogens is 190 g/mol. The van der Waals surface area contributed by atoms with E-state index in [1.807, 2.05) is 0 Å². The van der Waals surface area contributed by atoms with Gasteiger partial charge in [-0.25, -0.2) is 0 Å². The molecule has 0 spiro atoms. The van der Waals surface area contributed by atoms with Crippen LogP contribution in [0, 0.1) is 0 Å². The van der Waals surface area contributed by atoms with Crippen LogP contribution in [0.1, 0.15) is 6.42 Å². The van der Waals surface area contributed by atoms with E-state index < -0.39 is 18.4 Å². The molecule has 3 N–H and O–H groups in total. The van der Waals surface area contributed by atoms with Gasteiger partial charge in [0.25, 0.3) is 0 Å². The number of aliphatic hydroxyl groups excluding tert-OH is 1.